The van der Waals surface area contributed by atoms with Gasteiger partial charge in [-0.15, -0.1) is 0 Å². The minimum absolute atomic E-state index is 0.0813. The largest absolute Gasteiger partial charge is 0.466 e. The predicted octanol–water partition coefficient (Wildman–Crippen LogP) is -0.172. The molecule has 1 saturated heterocycles. The van der Waals surface area contributed by atoms with Crippen molar-refractivity contribution in [3.05, 3.63) is 0 Å². The molecular weight excluding hydrogens is 146 g/mol. The van der Waals surface area contributed by atoms with Crippen LogP contribution >= 0.6 is 0 Å². The van der Waals surface area contributed by atoms with Gasteiger partial charge in [0, 0.05) is 25.8 Å². The second-order valence-electron chi connectivity index (χ2n) is 2.60. The van der Waals surface area contributed by atoms with Crippen molar-refractivity contribution in [3.63, 3.8) is 0 Å². The molecule has 1 atom stereocenters. The molecule has 0 spiro atoms. The third-order valence-electron chi connectivity index (χ3n) is 1.57. The Balaban J connectivity index is 1.96. The molecule has 1 rings (SSSR count). The number of hydrogen-bond acceptors (Lipinski definition) is 3. The molecule has 0 aromatic rings. The van der Waals surface area contributed by atoms with Crippen LogP contribution in [0.2, 0.25) is 0 Å². The third-order valence-corrected chi connectivity index (χ3v) is 1.57. The monoisotopic (exact) mass is 157 g/mol. The lowest BCUT2D eigenvalue weighted by atomic mass is 10.0. The minimum atomic E-state index is -0.268. The molecule has 1 fully saturated rings. The number of rotatable bonds is 3. The molecule has 0 aliphatic carbocycles. The predicted molar refractivity (Wildman–Crippen MR) is 37.8 cm³/mol. The number of hydrogen-bond donors (Lipinski definition) is 1. The molecular formula is C7H11NO3. The van der Waals surface area contributed by atoms with Crippen LogP contribution < -0.4 is 5.32 Å². The van der Waals surface area contributed by atoms with Gasteiger partial charge < -0.3 is 10.1 Å². The maximum atomic E-state index is 10.4. The van der Waals surface area contributed by atoms with Crippen molar-refractivity contribution in [3.8, 4) is 0 Å². The SMILES string of the molecule is CC(=O)OCCC1CC(=O)N1. The topological polar surface area (TPSA) is 55.4 Å². The van der Waals surface area contributed by atoms with Crippen LogP contribution in [0.3, 0.4) is 0 Å². The van der Waals surface area contributed by atoms with E-state index in [1.54, 1.807) is 0 Å². The Labute approximate surface area is 64.9 Å². The van der Waals surface area contributed by atoms with E-state index in [4.69, 9.17) is 4.74 Å². The van der Waals surface area contributed by atoms with Gasteiger partial charge in [-0.1, -0.05) is 0 Å². The first-order valence-corrected chi connectivity index (χ1v) is 3.61. The van der Waals surface area contributed by atoms with Gasteiger partial charge >= 0.3 is 5.97 Å². The third kappa shape index (κ3) is 2.57. The first kappa shape index (κ1) is 8.04. The number of carbonyl (C=O) groups excluding carboxylic acids is 2. The van der Waals surface area contributed by atoms with Gasteiger partial charge in [-0.2, -0.15) is 0 Å². The molecule has 0 radical (unpaired) electrons. The van der Waals surface area contributed by atoms with Crippen LogP contribution in [0.25, 0.3) is 0 Å². The molecule has 1 amide bonds. The Morgan fingerprint density at radius 1 is 1.82 bits per heavy atom. The van der Waals surface area contributed by atoms with Crippen LogP contribution in [-0.2, 0) is 14.3 Å². The molecule has 1 aliphatic heterocycles. The normalized spacial score (nSPS) is 21.9. The van der Waals surface area contributed by atoms with Gasteiger partial charge in [-0.05, 0) is 0 Å². The summed E-state index contributed by atoms with van der Waals surface area (Å²) in [5.41, 5.74) is 0. The second kappa shape index (κ2) is 3.37. The summed E-state index contributed by atoms with van der Waals surface area (Å²) in [6, 6.07) is 0.224. The summed E-state index contributed by atoms with van der Waals surface area (Å²) in [5, 5.41) is 2.69. The molecule has 1 heterocycles. The molecule has 0 aromatic heterocycles. The summed E-state index contributed by atoms with van der Waals surface area (Å²) >= 11 is 0. The van der Waals surface area contributed by atoms with E-state index in [1.165, 1.54) is 6.92 Å². The van der Waals surface area contributed by atoms with E-state index in [0.717, 1.165) is 6.42 Å². The Morgan fingerprint density at radius 2 is 2.45 bits per heavy atom. The van der Waals surface area contributed by atoms with Gasteiger partial charge in [0.1, 0.15) is 0 Å². The number of esters is 1. The summed E-state index contributed by atoms with van der Waals surface area (Å²) in [7, 11) is 0. The Morgan fingerprint density at radius 3 is 2.91 bits per heavy atom. The highest BCUT2D eigenvalue weighted by molar-refractivity contribution is 5.82. The Bertz CT molecular complexity index is 171. The van der Waals surface area contributed by atoms with Gasteiger partial charge in [0.05, 0.1) is 6.61 Å². The standard InChI is InChI=1S/C7H11NO3/c1-5(9)11-3-2-6-4-7(10)8-6/h6H,2-4H2,1H3,(H,8,10). The molecule has 0 bridgehead atoms. The van der Waals surface area contributed by atoms with Gasteiger partial charge in [-0.3, -0.25) is 9.59 Å². The fourth-order valence-corrected chi connectivity index (χ4v) is 0.949. The van der Waals surface area contributed by atoms with Crippen molar-refractivity contribution in [2.45, 2.75) is 25.8 Å². The van der Waals surface area contributed by atoms with Gasteiger partial charge in [0.2, 0.25) is 5.91 Å². The average Bonchev–Trinajstić information content (AvgIpc) is 1.83. The van der Waals surface area contributed by atoms with Crippen LogP contribution in [0.5, 0.6) is 0 Å². The number of carbonyl (C=O) groups is 2. The van der Waals surface area contributed by atoms with Crippen molar-refractivity contribution in [2.75, 3.05) is 6.61 Å². The fourth-order valence-electron chi connectivity index (χ4n) is 0.949. The summed E-state index contributed by atoms with van der Waals surface area (Å²) < 4.78 is 4.69. The van der Waals surface area contributed by atoms with E-state index in [2.05, 4.69) is 5.32 Å². The van der Waals surface area contributed by atoms with Gasteiger partial charge in [-0.25, -0.2) is 0 Å². The fraction of sp³-hybridized carbons (Fsp3) is 0.714. The van der Waals surface area contributed by atoms with Gasteiger partial charge in [0.15, 0.2) is 0 Å². The quantitative estimate of drug-likeness (QED) is 0.457. The second-order valence-corrected chi connectivity index (χ2v) is 2.60. The molecule has 0 saturated carbocycles. The Kier molecular flexibility index (Phi) is 2.46. The zero-order valence-electron chi connectivity index (χ0n) is 6.42. The summed E-state index contributed by atoms with van der Waals surface area (Å²) in [6.45, 7) is 1.78. The molecule has 4 nitrogen and oxygen atoms in total. The van der Waals surface area contributed by atoms with Crippen LogP contribution in [0, 0.1) is 0 Å². The van der Waals surface area contributed by atoms with Crippen LogP contribution in [0.1, 0.15) is 19.8 Å². The van der Waals surface area contributed by atoms with Crippen LogP contribution in [0.4, 0.5) is 0 Å². The lowest BCUT2D eigenvalue weighted by Crippen LogP contribution is -2.48. The van der Waals surface area contributed by atoms with Crippen LogP contribution in [0.15, 0.2) is 0 Å². The highest BCUT2D eigenvalue weighted by Gasteiger charge is 2.24. The highest BCUT2D eigenvalue weighted by atomic mass is 16.5. The van der Waals surface area contributed by atoms with Crippen LogP contribution in [-0.4, -0.2) is 24.5 Å². The summed E-state index contributed by atoms with van der Waals surface area (Å²) in [6.07, 6.45) is 1.30. The van der Waals surface area contributed by atoms with Crippen molar-refractivity contribution < 1.29 is 14.3 Å². The van der Waals surface area contributed by atoms with E-state index in [1.807, 2.05) is 0 Å². The lowest BCUT2D eigenvalue weighted by Gasteiger charge is -2.26. The number of ether oxygens (including phenoxy) is 1. The van der Waals surface area contributed by atoms with E-state index in [9.17, 15) is 9.59 Å². The maximum Gasteiger partial charge on any atom is 0.302 e. The van der Waals surface area contributed by atoms with Crippen molar-refractivity contribution >= 4 is 11.9 Å². The minimum Gasteiger partial charge on any atom is -0.466 e. The zero-order valence-corrected chi connectivity index (χ0v) is 6.42. The van der Waals surface area contributed by atoms with Crippen molar-refractivity contribution in [1.29, 1.82) is 0 Å². The van der Waals surface area contributed by atoms with E-state index >= 15 is 0 Å². The zero-order chi connectivity index (χ0) is 8.27. The number of nitrogens with one attached hydrogen (secondary N) is 1. The van der Waals surface area contributed by atoms with Crippen molar-refractivity contribution in [2.24, 2.45) is 0 Å². The average molecular weight is 157 g/mol. The molecule has 4 heteroatoms. The molecule has 1 unspecified atom stereocenters. The number of β-lactam (4-membered cyclic amide) rings is 1. The smallest absolute Gasteiger partial charge is 0.302 e. The molecule has 62 valence electrons. The molecule has 11 heavy (non-hydrogen) atoms. The molecule has 1 N–H and O–H groups in total. The first-order chi connectivity index (χ1) is 5.18. The Hall–Kier alpha value is -1.06. The number of amides is 1. The molecule has 1 aliphatic rings. The molecule has 0 aromatic carbocycles. The van der Waals surface area contributed by atoms with E-state index < -0.39 is 0 Å². The summed E-state index contributed by atoms with van der Waals surface area (Å²) in [5.74, 6) is -0.187. The summed E-state index contributed by atoms with van der Waals surface area (Å²) in [4.78, 5) is 20.7. The van der Waals surface area contributed by atoms with Gasteiger partial charge in [0.25, 0.3) is 0 Å². The van der Waals surface area contributed by atoms with Crippen molar-refractivity contribution in [1.82, 2.24) is 5.32 Å². The highest BCUT2D eigenvalue weighted by Crippen LogP contribution is 2.07. The van der Waals surface area contributed by atoms with E-state index in [-0.39, 0.29) is 17.9 Å². The maximum absolute atomic E-state index is 10.4. The lowest BCUT2D eigenvalue weighted by molar-refractivity contribution is -0.141. The van der Waals surface area contributed by atoms with E-state index in [0.29, 0.717) is 13.0 Å². The first-order valence-electron chi connectivity index (χ1n) is 3.61.